The number of aromatic nitrogens is 1. The Bertz CT molecular complexity index is 806. The second-order valence-electron chi connectivity index (χ2n) is 6.64. The highest BCUT2D eigenvalue weighted by molar-refractivity contribution is 7.90. The fraction of sp³-hybridized carbons (Fsp3) is 0.529. The van der Waals surface area contributed by atoms with Gasteiger partial charge in [0.25, 0.3) is 0 Å². The zero-order chi connectivity index (χ0) is 17.3. The molecule has 0 aromatic carbocycles. The number of likely N-dealkylation sites (tertiary alicyclic amines) is 1. The summed E-state index contributed by atoms with van der Waals surface area (Å²) in [5.41, 5.74) is 2.71. The minimum Gasteiger partial charge on any atom is -0.339 e. The first-order valence-corrected chi connectivity index (χ1v) is 11.1. The number of carbonyl (C=O) groups excluding carboxylic acids is 1. The van der Waals surface area contributed by atoms with E-state index in [0.717, 1.165) is 34.7 Å². The summed E-state index contributed by atoms with van der Waals surface area (Å²) in [6.07, 6.45) is 7.59. The van der Waals surface area contributed by atoms with Crippen molar-refractivity contribution < 1.29 is 13.2 Å². The lowest BCUT2D eigenvalue weighted by molar-refractivity contribution is -0.128. The van der Waals surface area contributed by atoms with Gasteiger partial charge in [-0.05, 0) is 43.8 Å². The molecule has 0 radical (unpaired) electrons. The van der Waals surface area contributed by atoms with E-state index in [1.807, 2.05) is 29.4 Å². The quantitative estimate of drug-likeness (QED) is 0.821. The van der Waals surface area contributed by atoms with Gasteiger partial charge < -0.3 is 4.90 Å². The molecule has 0 spiro atoms. The standard InChI is InChI=1S/C17H22N2O3S2/c1-12-18-16(10-23-12)14-5-6-15(8-14)17(20)19-7-3-4-13(9-19)11-24(2,21)22/h5,8,10,13H,3-4,6-7,9,11H2,1-2H3. The summed E-state index contributed by atoms with van der Waals surface area (Å²) in [6, 6.07) is 0. The average Bonchev–Trinajstić information content (AvgIpc) is 3.13. The van der Waals surface area contributed by atoms with Crippen LogP contribution in [-0.2, 0) is 14.6 Å². The SMILES string of the molecule is Cc1nc(C2=CCC(C(=O)N3CCCC(CS(C)(=O)=O)C3)=C2)cs1. The van der Waals surface area contributed by atoms with Crippen molar-refractivity contribution in [2.24, 2.45) is 5.92 Å². The molecule has 0 saturated carbocycles. The zero-order valence-electron chi connectivity index (χ0n) is 14.0. The zero-order valence-corrected chi connectivity index (χ0v) is 15.6. The molecule has 0 N–H and O–H groups in total. The van der Waals surface area contributed by atoms with Crippen molar-refractivity contribution in [1.29, 1.82) is 0 Å². The topological polar surface area (TPSA) is 67.3 Å². The maximum Gasteiger partial charge on any atom is 0.250 e. The van der Waals surface area contributed by atoms with Crippen LogP contribution in [0.3, 0.4) is 0 Å². The second kappa shape index (κ2) is 6.80. The molecule has 1 aliphatic carbocycles. The molecule has 24 heavy (non-hydrogen) atoms. The largest absolute Gasteiger partial charge is 0.339 e. The third kappa shape index (κ3) is 4.13. The van der Waals surface area contributed by atoms with Gasteiger partial charge in [0.05, 0.1) is 16.5 Å². The van der Waals surface area contributed by atoms with Gasteiger partial charge in [-0.1, -0.05) is 6.08 Å². The van der Waals surface area contributed by atoms with Crippen LogP contribution in [-0.4, -0.2) is 49.3 Å². The number of thiazole rings is 1. The van der Waals surface area contributed by atoms with Gasteiger partial charge in [-0.25, -0.2) is 13.4 Å². The van der Waals surface area contributed by atoms with Crippen molar-refractivity contribution in [1.82, 2.24) is 9.88 Å². The van der Waals surface area contributed by atoms with E-state index in [2.05, 4.69) is 4.98 Å². The van der Waals surface area contributed by atoms with Crippen LogP contribution in [0.15, 0.2) is 23.1 Å². The Morgan fingerprint density at radius 3 is 2.92 bits per heavy atom. The highest BCUT2D eigenvalue weighted by Crippen LogP contribution is 2.29. The minimum absolute atomic E-state index is 0.0337. The lowest BCUT2D eigenvalue weighted by atomic mass is 9.99. The van der Waals surface area contributed by atoms with Crippen LogP contribution in [0.25, 0.3) is 5.57 Å². The van der Waals surface area contributed by atoms with Crippen molar-refractivity contribution in [3.63, 3.8) is 0 Å². The highest BCUT2D eigenvalue weighted by atomic mass is 32.2. The summed E-state index contributed by atoms with van der Waals surface area (Å²) in [5.74, 6) is 0.247. The Morgan fingerprint density at radius 2 is 2.25 bits per heavy atom. The van der Waals surface area contributed by atoms with E-state index in [9.17, 15) is 13.2 Å². The lowest BCUT2D eigenvalue weighted by Crippen LogP contribution is -2.42. The number of hydrogen-bond donors (Lipinski definition) is 0. The average molecular weight is 367 g/mol. The Morgan fingerprint density at radius 1 is 1.46 bits per heavy atom. The summed E-state index contributed by atoms with van der Waals surface area (Å²) in [6.45, 7) is 3.21. The molecule has 1 amide bonds. The predicted octanol–water partition coefficient (Wildman–Crippen LogP) is 2.45. The number of aryl methyl sites for hydroxylation is 1. The first-order chi connectivity index (χ1) is 11.3. The van der Waals surface area contributed by atoms with E-state index >= 15 is 0 Å². The first kappa shape index (κ1) is 17.4. The fourth-order valence-corrected chi connectivity index (χ4v) is 5.12. The number of rotatable bonds is 4. The van der Waals surface area contributed by atoms with Crippen LogP contribution in [0.4, 0.5) is 0 Å². The van der Waals surface area contributed by atoms with Crippen LogP contribution in [0.2, 0.25) is 0 Å². The number of allylic oxidation sites excluding steroid dienone is 3. The molecule has 1 aromatic rings. The summed E-state index contributed by atoms with van der Waals surface area (Å²) >= 11 is 1.60. The Balaban J connectivity index is 1.66. The van der Waals surface area contributed by atoms with Gasteiger partial charge in [-0.2, -0.15) is 0 Å². The van der Waals surface area contributed by atoms with Gasteiger partial charge in [0.1, 0.15) is 9.84 Å². The van der Waals surface area contributed by atoms with Gasteiger partial charge in [0, 0.05) is 30.3 Å². The van der Waals surface area contributed by atoms with Crippen molar-refractivity contribution >= 4 is 32.7 Å². The third-order valence-electron chi connectivity index (χ3n) is 4.41. The molecule has 130 valence electrons. The van der Waals surface area contributed by atoms with Gasteiger partial charge in [-0.3, -0.25) is 4.79 Å². The maximum atomic E-state index is 12.8. The van der Waals surface area contributed by atoms with Crippen molar-refractivity contribution in [3.8, 4) is 0 Å². The molecular formula is C17H22N2O3S2. The lowest BCUT2D eigenvalue weighted by Gasteiger charge is -2.32. The molecule has 1 aliphatic heterocycles. The monoisotopic (exact) mass is 366 g/mol. The van der Waals surface area contributed by atoms with E-state index < -0.39 is 9.84 Å². The van der Waals surface area contributed by atoms with E-state index in [-0.39, 0.29) is 17.6 Å². The van der Waals surface area contributed by atoms with E-state index in [4.69, 9.17) is 0 Å². The number of amides is 1. The molecule has 1 saturated heterocycles. The molecule has 7 heteroatoms. The number of sulfone groups is 1. The van der Waals surface area contributed by atoms with Gasteiger partial charge in [-0.15, -0.1) is 11.3 Å². The number of carbonyl (C=O) groups is 1. The first-order valence-electron chi connectivity index (χ1n) is 8.12. The van der Waals surface area contributed by atoms with Crippen LogP contribution in [0, 0.1) is 12.8 Å². The number of piperidine rings is 1. The number of hydrogen-bond acceptors (Lipinski definition) is 5. The second-order valence-corrected chi connectivity index (χ2v) is 9.88. The molecular weight excluding hydrogens is 344 g/mol. The van der Waals surface area contributed by atoms with E-state index in [1.165, 1.54) is 6.26 Å². The molecule has 1 fully saturated rings. The van der Waals surface area contributed by atoms with Crippen LogP contribution in [0.5, 0.6) is 0 Å². The molecule has 3 rings (SSSR count). The number of nitrogens with zero attached hydrogens (tertiary/aromatic N) is 2. The molecule has 2 aliphatic rings. The molecule has 1 atom stereocenters. The van der Waals surface area contributed by atoms with Crippen LogP contribution >= 0.6 is 11.3 Å². The van der Waals surface area contributed by atoms with E-state index in [0.29, 0.717) is 19.5 Å². The summed E-state index contributed by atoms with van der Waals surface area (Å²) in [5, 5.41) is 3.02. The maximum absolute atomic E-state index is 12.8. The van der Waals surface area contributed by atoms with Crippen molar-refractivity contribution in [2.45, 2.75) is 26.2 Å². The molecule has 1 unspecified atom stereocenters. The molecule has 5 nitrogen and oxygen atoms in total. The van der Waals surface area contributed by atoms with Crippen molar-refractivity contribution in [2.75, 3.05) is 25.1 Å². The Kier molecular flexibility index (Phi) is 4.92. The van der Waals surface area contributed by atoms with Gasteiger partial charge >= 0.3 is 0 Å². The smallest absolute Gasteiger partial charge is 0.250 e. The van der Waals surface area contributed by atoms with E-state index in [1.54, 1.807) is 11.3 Å². The Labute approximate surface area is 147 Å². The summed E-state index contributed by atoms with van der Waals surface area (Å²) in [7, 11) is -3.00. The summed E-state index contributed by atoms with van der Waals surface area (Å²) in [4.78, 5) is 19.0. The summed E-state index contributed by atoms with van der Waals surface area (Å²) < 4.78 is 23.0. The normalized spacial score (nSPS) is 21.6. The Hall–Kier alpha value is -1.47. The van der Waals surface area contributed by atoms with Gasteiger partial charge in [0.15, 0.2) is 0 Å². The highest BCUT2D eigenvalue weighted by Gasteiger charge is 2.28. The molecule has 1 aromatic heterocycles. The van der Waals surface area contributed by atoms with Crippen LogP contribution in [0.1, 0.15) is 30.0 Å². The third-order valence-corrected chi connectivity index (χ3v) is 6.26. The van der Waals surface area contributed by atoms with Crippen molar-refractivity contribution in [3.05, 3.63) is 33.8 Å². The predicted molar refractivity (Wildman–Crippen MR) is 96.5 cm³/mol. The molecule has 0 bridgehead atoms. The molecule has 2 heterocycles. The van der Waals surface area contributed by atoms with Gasteiger partial charge in [0.2, 0.25) is 5.91 Å². The fourth-order valence-electron chi connectivity index (χ4n) is 3.37. The minimum atomic E-state index is -3.00. The van der Waals surface area contributed by atoms with Crippen LogP contribution < -0.4 is 0 Å².